The lowest BCUT2D eigenvalue weighted by molar-refractivity contribution is 0.0949. The summed E-state index contributed by atoms with van der Waals surface area (Å²) in [6.07, 6.45) is 6.55. The summed E-state index contributed by atoms with van der Waals surface area (Å²) in [6, 6.07) is 9.55. The third kappa shape index (κ3) is 4.40. The third-order valence-electron chi connectivity index (χ3n) is 3.87. The molecule has 0 spiro atoms. The fourth-order valence-corrected chi connectivity index (χ4v) is 3.28. The average molecular weight is 463 g/mol. The number of methoxy groups -OCH3 is 1. The number of aromatic nitrogens is 2. The molecule has 0 aliphatic rings. The number of carbonyl (C=O) groups is 1. The van der Waals surface area contributed by atoms with Crippen LogP contribution < -0.4 is 10.1 Å². The van der Waals surface area contributed by atoms with Gasteiger partial charge in [-0.3, -0.25) is 9.78 Å². The quantitative estimate of drug-likeness (QED) is 0.427. The van der Waals surface area contributed by atoms with Crippen LogP contribution in [0.3, 0.4) is 0 Å². The highest BCUT2D eigenvalue weighted by atomic mass is 127. The van der Waals surface area contributed by atoms with Gasteiger partial charge < -0.3 is 14.5 Å². The molecule has 7 heteroatoms. The van der Waals surface area contributed by atoms with Gasteiger partial charge >= 0.3 is 0 Å². The smallest absolute Gasteiger partial charge is 0.273 e. The van der Waals surface area contributed by atoms with E-state index in [-0.39, 0.29) is 11.6 Å². The Morgan fingerprint density at radius 3 is 2.81 bits per heavy atom. The Morgan fingerprint density at radius 2 is 2.08 bits per heavy atom. The number of benzene rings is 1. The zero-order valence-corrected chi connectivity index (χ0v) is 16.4. The molecule has 6 nitrogen and oxygen atoms in total. The van der Waals surface area contributed by atoms with Gasteiger partial charge in [0.25, 0.3) is 5.91 Å². The summed E-state index contributed by atoms with van der Waals surface area (Å²) in [4.78, 5) is 20.5. The van der Waals surface area contributed by atoms with E-state index in [4.69, 9.17) is 9.15 Å². The van der Waals surface area contributed by atoms with Crippen LogP contribution in [-0.2, 0) is 6.42 Å². The zero-order valence-electron chi connectivity index (χ0n) is 14.2. The van der Waals surface area contributed by atoms with Gasteiger partial charge in [0, 0.05) is 24.5 Å². The van der Waals surface area contributed by atoms with Crippen LogP contribution in [-0.4, -0.2) is 29.5 Å². The van der Waals surface area contributed by atoms with Crippen LogP contribution in [0.15, 0.2) is 53.5 Å². The predicted octanol–water partition coefficient (Wildman–Crippen LogP) is 3.71. The Kier molecular flexibility index (Phi) is 6.21. The number of halogens is 1. The van der Waals surface area contributed by atoms with Crippen molar-refractivity contribution in [3.8, 4) is 17.1 Å². The lowest BCUT2D eigenvalue weighted by Crippen LogP contribution is -2.25. The zero-order chi connectivity index (χ0) is 18.4. The number of rotatable bonds is 7. The lowest BCUT2D eigenvalue weighted by Gasteiger charge is -2.07. The van der Waals surface area contributed by atoms with E-state index in [9.17, 15) is 4.79 Å². The summed E-state index contributed by atoms with van der Waals surface area (Å²) in [5.74, 6) is 0.988. The Morgan fingerprint density at radius 1 is 1.27 bits per heavy atom. The minimum absolute atomic E-state index is 0.241. The van der Waals surface area contributed by atoms with Crippen molar-refractivity contribution in [2.24, 2.45) is 0 Å². The maximum Gasteiger partial charge on any atom is 0.273 e. The van der Waals surface area contributed by atoms with Gasteiger partial charge in [0.2, 0.25) is 0 Å². The maximum absolute atomic E-state index is 12.4. The number of ether oxygens (including phenoxy) is 1. The summed E-state index contributed by atoms with van der Waals surface area (Å²) in [5, 5.41) is 2.90. The second-order valence-electron chi connectivity index (χ2n) is 5.59. The number of nitrogens with zero attached hydrogens (tertiary/aromatic N) is 2. The van der Waals surface area contributed by atoms with Gasteiger partial charge in [0.1, 0.15) is 5.75 Å². The average Bonchev–Trinajstić information content (AvgIpc) is 3.16. The molecule has 0 saturated carbocycles. The Labute approximate surface area is 165 Å². The monoisotopic (exact) mass is 463 g/mol. The van der Waals surface area contributed by atoms with Crippen LogP contribution in [0, 0.1) is 3.57 Å². The second-order valence-corrected chi connectivity index (χ2v) is 6.76. The summed E-state index contributed by atoms with van der Waals surface area (Å²) < 4.78 is 11.6. The molecule has 0 saturated heterocycles. The van der Waals surface area contributed by atoms with Crippen LogP contribution in [0.2, 0.25) is 0 Å². The summed E-state index contributed by atoms with van der Waals surface area (Å²) in [5.41, 5.74) is 2.27. The molecule has 0 radical (unpaired) electrons. The molecular formula is C19H18IN3O3. The molecule has 134 valence electrons. The normalized spacial score (nSPS) is 10.5. The van der Waals surface area contributed by atoms with Crippen LogP contribution in [0.5, 0.6) is 5.75 Å². The van der Waals surface area contributed by atoms with E-state index in [1.807, 2.05) is 30.3 Å². The molecule has 3 rings (SSSR count). The number of oxazole rings is 1. The number of nitrogens with one attached hydrogen (secondary N) is 1. The lowest BCUT2D eigenvalue weighted by atomic mass is 10.1. The Bertz CT molecular complexity index is 881. The van der Waals surface area contributed by atoms with Crippen LogP contribution >= 0.6 is 22.6 Å². The standard InChI is InChI=1S/C19H18IN3O3/c1-25-16-5-4-14(11-15(16)20)18-17(23-12-26-18)19(24)22-8-2-3-13-6-9-21-10-7-13/h4-7,9-12H,2-3,8H2,1H3,(H,22,24). The second kappa shape index (κ2) is 8.79. The fourth-order valence-electron chi connectivity index (χ4n) is 2.55. The SMILES string of the molecule is COc1ccc(-c2ocnc2C(=O)NCCCc2ccncc2)cc1I. The molecule has 1 aromatic carbocycles. The highest BCUT2D eigenvalue weighted by molar-refractivity contribution is 14.1. The first-order valence-corrected chi connectivity index (χ1v) is 9.21. The summed E-state index contributed by atoms with van der Waals surface area (Å²) >= 11 is 2.18. The van der Waals surface area contributed by atoms with Crippen molar-refractivity contribution in [3.05, 3.63) is 63.9 Å². The first-order valence-electron chi connectivity index (χ1n) is 8.13. The minimum Gasteiger partial charge on any atom is -0.496 e. The summed E-state index contributed by atoms with van der Waals surface area (Å²) in [6.45, 7) is 0.563. The number of carbonyl (C=O) groups excluding carboxylic acids is 1. The van der Waals surface area contributed by atoms with E-state index in [1.54, 1.807) is 19.5 Å². The van der Waals surface area contributed by atoms with Crippen molar-refractivity contribution in [2.75, 3.05) is 13.7 Å². The number of hydrogen-bond acceptors (Lipinski definition) is 5. The van der Waals surface area contributed by atoms with Gasteiger partial charge in [-0.25, -0.2) is 4.98 Å². The highest BCUT2D eigenvalue weighted by Crippen LogP contribution is 2.29. The van der Waals surface area contributed by atoms with E-state index >= 15 is 0 Å². The molecule has 0 fully saturated rings. The van der Waals surface area contributed by atoms with Crippen molar-refractivity contribution in [1.82, 2.24) is 15.3 Å². The molecule has 2 heterocycles. The van der Waals surface area contributed by atoms with Crippen molar-refractivity contribution in [3.63, 3.8) is 0 Å². The molecule has 2 aromatic heterocycles. The van der Waals surface area contributed by atoms with Gasteiger partial charge in [-0.1, -0.05) is 0 Å². The van der Waals surface area contributed by atoms with Gasteiger partial charge in [0.05, 0.1) is 10.7 Å². The van der Waals surface area contributed by atoms with Crippen LogP contribution in [0.25, 0.3) is 11.3 Å². The van der Waals surface area contributed by atoms with Gasteiger partial charge in [-0.15, -0.1) is 0 Å². The van der Waals surface area contributed by atoms with Crippen molar-refractivity contribution >= 4 is 28.5 Å². The van der Waals surface area contributed by atoms with E-state index < -0.39 is 0 Å². The Hall–Kier alpha value is -2.42. The molecular weight excluding hydrogens is 445 g/mol. The summed E-state index contributed by atoms with van der Waals surface area (Å²) in [7, 11) is 1.62. The molecule has 26 heavy (non-hydrogen) atoms. The van der Waals surface area contributed by atoms with Crippen molar-refractivity contribution < 1.29 is 13.9 Å². The van der Waals surface area contributed by atoms with E-state index in [2.05, 4.69) is 37.9 Å². The molecule has 0 aliphatic carbocycles. The molecule has 0 unspecified atom stereocenters. The van der Waals surface area contributed by atoms with E-state index in [0.29, 0.717) is 12.3 Å². The molecule has 3 aromatic rings. The predicted molar refractivity (Wildman–Crippen MR) is 106 cm³/mol. The van der Waals surface area contributed by atoms with Crippen LogP contribution in [0.4, 0.5) is 0 Å². The van der Waals surface area contributed by atoms with Crippen molar-refractivity contribution in [1.29, 1.82) is 0 Å². The molecule has 0 bridgehead atoms. The number of amides is 1. The minimum atomic E-state index is -0.241. The van der Waals surface area contributed by atoms with E-state index in [0.717, 1.165) is 27.7 Å². The van der Waals surface area contributed by atoms with Gasteiger partial charge in [-0.05, 0) is 71.3 Å². The number of hydrogen-bond donors (Lipinski definition) is 1. The Balaban J connectivity index is 1.62. The number of pyridine rings is 1. The largest absolute Gasteiger partial charge is 0.496 e. The molecule has 0 atom stereocenters. The topological polar surface area (TPSA) is 77.2 Å². The van der Waals surface area contributed by atoms with Gasteiger partial charge in [-0.2, -0.15) is 0 Å². The highest BCUT2D eigenvalue weighted by Gasteiger charge is 2.18. The first-order chi connectivity index (χ1) is 12.7. The van der Waals surface area contributed by atoms with Crippen LogP contribution in [0.1, 0.15) is 22.5 Å². The van der Waals surface area contributed by atoms with E-state index in [1.165, 1.54) is 12.0 Å². The molecule has 1 N–H and O–H groups in total. The number of aryl methyl sites for hydroxylation is 1. The fraction of sp³-hybridized carbons (Fsp3) is 0.211. The van der Waals surface area contributed by atoms with Crippen molar-refractivity contribution in [2.45, 2.75) is 12.8 Å². The molecule has 0 aliphatic heterocycles. The first kappa shape index (κ1) is 18.4. The van der Waals surface area contributed by atoms with Gasteiger partial charge in [0.15, 0.2) is 17.8 Å². The maximum atomic E-state index is 12.4. The third-order valence-corrected chi connectivity index (χ3v) is 4.72. The molecule has 1 amide bonds.